The smallest absolute Gasteiger partial charge is 0.254 e. The highest BCUT2D eigenvalue weighted by Gasteiger charge is 2.32. The molecule has 2 aromatic heterocycles. The van der Waals surface area contributed by atoms with E-state index in [0.29, 0.717) is 18.7 Å². The number of ether oxygens (including phenoxy) is 1. The molecule has 0 N–H and O–H groups in total. The molecule has 1 fully saturated rings. The fraction of sp³-hybridized carbons (Fsp3) is 0.308. The highest BCUT2D eigenvalue weighted by molar-refractivity contribution is 7.14. The molecule has 0 saturated carbocycles. The summed E-state index contributed by atoms with van der Waals surface area (Å²) in [4.78, 5) is 22.3. The summed E-state index contributed by atoms with van der Waals surface area (Å²) < 4.78 is 7.55. The molecule has 0 bridgehead atoms. The van der Waals surface area contributed by atoms with Crippen LogP contribution in [0.5, 0.6) is 0 Å². The second-order valence-corrected chi connectivity index (χ2v) is 9.60. The second-order valence-electron chi connectivity index (χ2n) is 8.77. The van der Waals surface area contributed by atoms with Gasteiger partial charge in [0.2, 0.25) is 0 Å². The summed E-state index contributed by atoms with van der Waals surface area (Å²) in [7, 11) is 0. The first-order valence-electron chi connectivity index (χ1n) is 11.9. The zero-order valence-electron chi connectivity index (χ0n) is 19.5. The number of morpholine rings is 1. The van der Waals surface area contributed by atoms with E-state index in [2.05, 4.69) is 31.8 Å². The molecule has 0 spiro atoms. The van der Waals surface area contributed by atoms with Crippen molar-refractivity contribution in [3.63, 3.8) is 0 Å². The van der Waals surface area contributed by atoms with Gasteiger partial charge in [-0.15, -0.1) is 21.5 Å². The highest BCUT2D eigenvalue weighted by Crippen LogP contribution is 2.32. The largest absolute Gasteiger partial charge is 0.378 e. The van der Waals surface area contributed by atoms with Crippen molar-refractivity contribution in [1.29, 1.82) is 0 Å². The third-order valence-corrected chi connectivity index (χ3v) is 7.59. The van der Waals surface area contributed by atoms with Crippen molar-refractivity contribution in [2.75, 3.05) is 37.7 Å². The van der Waals surface area contributed by atoms with Crippen LogP contribution in [0.3, 0.4) is 0 Å². The molecule has 1 atom stereocenters. The standard InChI is InChI=1S/C26H26N6O2S/c1-18-23-28-29-24(22-17-35-26(27-22)30-13-15-34-16-14-30)32(23)12-11-31(18)25(33)21-9-7-20(8-10-21)19-5-3-2-4-6-19/h2-10,17-18H,11-16H2,1H3. The molecule has 2 aromatic carbocycles. The number of rotatable bonds is 4. The zero-order chi connectivity index (χ0) is 23.8. The molecular formula is C26H26N6O2S. The number of hydrogen-bond acceptors (Lipinski definition) is 7. The number of benzene rings is 2. The van der Waals surface area contributed by atoms with Gasteiger partial charge in [-0.2, -0.15) is 0 Å². The van der Waals surface area contributed by atoms with Crippen molar-refractivity contribution >= 4 is 22.4 Å². The number of carbonyl (C=O) groups excluding carboxylic acids is 1. The quantitative estimate of drug-likeness (QED) is 0.432. The van der Waals surface area contributed by atoms with Crippen LogP contribution in [-0.2, 0) is 11.3 Å². The number of carbonyl (C=O) groups is 1. The number of fused-ring (bicyclic) bond motifs is 1. The third kappa shape index (κ3) is 4.11. The van der Waals surface area contributed by atoms with Gasteiger partial charge >= 0.3 is 0 Å². The molecule has 1 amide bonds. The third-order valence-electron chi connectivity index (χ3n) is 6.69. The van der Waals surface area contributed by atoms with E-state index in [1.807, 2.05) is 59.7 Å². The molecule has 1 unspecified atom stereocenters. The van der Waals surface area contributed by atoms with E-state index in [1.54, 1.807) is 11.3 Å². The Kier molecular flexibility index (Phi) is 5.79. The topological polar surface area (TPSA) is 76.4 Å². The van der Waals surface area contributed by atoms with E-state index < -0.39 is 0 Å². The van der Waals surface area contributed by atoms with Gasteiger partial charge in [-0.25, -0.2) is 4.98 Å². The summed E-state index contributed by atoms with van der Waals surface area (Å²) in [6.07, 6.45) is 0. The molecule has 6 rings (SSSR count). The number of anilines is 1. The van der Waals surface area contributed by atoms with E-state index in [4.69, 9.17) is 9.72 Å². The van der Waals surface area contributed by atoms with Crippen LogP contribution in [0.15, 0.2) is 60.0 Å². The molecule has 8 nitrogen and oxygen atoms in total. The molecule has 0 aliphatic carbocycles. The van der Waals surface area contributed by atoms with Gasteiger partial charge in [-0.05, 0) is 30.2 Å². The Bertz CT molecular complexity index is 1330. The molecule has 178 valence electrons. The van der Waals surface area contributed by atoms with Crippen molar-refractivity contribution in [2.24, 2.45) is 0 Å². The lowest BCUT2D eigenvalue weighted by molar-refractivity contribution is 0.0638. The van der Waals surface area contributed by atoms with Gasteiger partial charge in [-0.1, -0.05) is 42.5 Å². The van der Waals surface area contributed by atoms with Crippen molar-refractivity contribution < 1.29 is 9.53 Å². The Morgan fingerprint density at radius 2 is 1.69 bits per heavy atom. The first-order valence-corrected chi connectivity index (χ1v) is 12.7. The minimum absolute atomic E-state index is 0.0103. The molecule has 1 saturated heterocycles. The predicted octanol–water partition coefficient (Wildman–Crippen LogP) is 4.12. The fourth-order valence-corrected chi connectivity index (χ4v) is 5.58. The van der Waals surface area contributed by atoms with Crippen LogP contribution in [-0.4, -0.2) is 63.4 Å². The highest BCUT2D eigenvalue weighted by atomic mass is 32.1. The summed E-state index contributed by atoms with van der Waals surface area (Å²) >= 11 is 1.62. The number of aromatic nitrogens is 4. The molecular weight excluding hydrogens is 460 g/mol. The number of nitrogens with zero attached hydrogens (tertiary/aromatic N) is 6. The molecule has 4 heterocycles. The predicted molar refractivity (Wildman–Crippen MR) is 135 cm³/mol. The van der Waals surface area contributed by atoms with Gasteiger partial charge in [0.15, 0.2) is 16.8 Å². The molecule has 0 radical (unpaired) electrons. The number of thiazole rings is 1. The monoisotopic (exact) mass is 486 g/mol. The van der Waals surface area contributed by atoms with Gasteiger partial charge in [-0.3, -0.25) is 4.79 Å². The van der Waals surface area contributed by atoms with Gasteiger partial charge in [0, 0.05) is 37.1 Å². The van der Waals surface area contributed by atoms with Crippen LogP contribution in [0, 0.1) is 0 Å². The Hall–Kier alpha value is -3.56. The molecule has 35 heavy (non-hydrogen) atoms. The van der Waals surface area contributed by atoms with Crippen LogP contribution in [0.25, 0.3) is 22.6 Å². The van der Waals surface area contributed by atoms with E-state index in [9.17, 15) is 4.79 Å². The van der Waals surface area contributed by atoms with Gasteiger partial charge in [0.1, 0.15) is 5.69 Å². The van der Waals surface area contributed by atoms with Crippen molar-refractivity contribution in [2.45, 2.75) is 19.5 Å². The van der Waals surface area contributed by atoms with Crippen molar-refractivity contribution in [1.82, 2.24) is 24.6 Å². The average molecular weight is 487 g/mol. The maximum atomic E-state index is 13.4. The Morgan fingerprint density at radius 1 is 0.943 bits per heavy atom. The van der Waals surface area contributed by atoms with Crippen LogP contribution < -0.4 is 4.90 Å². The zero-order valence-corrected chi connectivity index (χ0v) is 20.3. The SMILES string of the molecule is CC1c2nnc(-c3csc(N4CCOCC4)n3)n2CCN1C(=O)c1ccc(-c2ccccc2)cc1. The lowest BCUT2D eigenvalue weighted by Crippen LogP contribution is -2.41. The lowest BCUT2D eigenvalue weighted by Gasteiger charge is -2.33. The first-order chi connectivity index (χ1) is 17.2. The first kappa shape index (κ1) is 21.9. The lowest BCUT2D eigenvalue weighted by atomic mass is 10.0. The van der Waals surface area contributed by atoms with Crippen molar-refractivity contribution in [3.05, 3.63) is 71.4 Å². The van der Waals surface area contributed by atoms with E-state index in [-0.39, 0.29) is 11.9 Å². The maximum Gasteiger partial charge on any atom is 0.254 e. The maximum absolute atomic E-state index is 13.4. The fourth-order valence-electron chi connectivity index (χ4n) is 4.72. The average Bonchev–Trinajstić information content (AvgIpc) is 3.58. The van der Waals surface area contributed by atoms with Crippen LogP contribution in [0.4, 0.5) is 5.13 Å². The summed E-state index contributed by atoms with van der Waals surface area (Å²) in [5, 5.41) is 12.0. The molecule has 2 aliphatic rings. The van der Waals surface area contributed by atoms with Crippen LogP contribution >= 0.6 is 11.3 Å². The molecule has 9 heteroatoms. The molecule has 4 aromatic rings. The Morgan fingerprint density at radius 3 is 2.46 bits per heavy atom. The Labute approximate surface area is 207 Å². The summed E-state index contributed by atoms with van der Waals surface area (Å²) in [6.45, 7) is 6.41. The second kappa shape index (κ2) is 9.24. The van der Waals surface area contributed by atoms with E-state index >= 15 is 0 Å². The van der Waals surface area contributed by atoms with Crippen molar-refractivity contribution in [3.8, 4) is 22.6 Å². The van der Waals surface area contributed by atoms with Crippen LogP contribution in [0.2, 0.25) is 0 Å². The van der Waals surface area contributed by atoms with Gasteiger partial charge in [0.05, 0.1) is 19.3 Å². The molecule has 2 aliphatic heterocycles. The summed E-state index contributed by atoms with van der Waals surface area (Å²) in [6, 6.07) is 17.8. The Balaban J connectivity index is 1.20. The minimum atomic E-state index is -0.177. The van der Waals surface area contributed by atoms with E-state index in [0.717, 1.165) is 59.9 Å². The summed E-state index contributed by atoms with van der Waals surface area (Å²) in [5.41, 5.74) is 3.74. The van der Waals surface area contributed by atoms with Crippen LogP contribution in [0.1, 0.15) is 29.1 Å². The van der Waals surface area contributed by atoms with E-state index in [1.165, 1.54) is 0 Å². The summed E-state index contributed by atoms with van der Waals surface area (Å²) in [5.74, 6) is 1.57. The van der Waals surface area contributed by atoms with Gasteiger partial charge in [0.25, 0.3) is 5.91 Å². The number of hydrogen-bond donors (Lipinski definition) is 0. The minimum Gasteiger partial charge on any atom is -0.378 e. The number of amides is 1. The normalized spacial score (nSPS) is 17.9. The van der Waals surface area contributed by atoms with Gasteiger partial charge < -0.3 is 19.1 Å².